The number of nitrogens with one attached hydrogen (secondary N) is 1. The maximum atomic E-state index is 11.6. The van der Waals surface area contributed by atoms with Crippen LogP contribution in [0.5, 0.6) is 0 Å². The molecule has 0 amide bonds. The van der Waals surface area contributed by atoms with Crippen molar-refractivity contribution in [2.45, 2.75) is 38.8 Å². The van der Waals surface area contributed by atoms with Gasteiger partial charge in [-0.25, -0.2) is 13.1 Å². The number of sulfonamides is 1. The molecule has 1 fully saturated rings. The van der Waals surface area contributed by atoms with Gasteiger partial charge in [-0.3, -0.25) is 4.90 Å². The second kappa shape index (κ2) is 5.95. The predicted octanol–water partition coefficient (Wildman–Crippen LogP) is 1.66. The third-order valence-electron chi connectivity index (χ3n) is 5.16. The van der Waals surface area contributed by atoms with Gasteiger partial charge in [0.25, 0.3) is 0 Å². The van der Waals surface area contributed by atoms with E-state index in [9.17, 15) is 8.42 Å². The van der Waals surface area contributed by atoms with Crippen molar-refractivity contribution in [3.05, 3.63) is 35.4 Å². The van der Waals surface area contributed by atoms with Crippen LogP contribution in [0.25, 0.3) is 0 Å². The SMILES string of the molecule is CC(C)[C@H]1CN(C2Cc3ccccc3C2)C[C@@H]1NS(C)(=O)=O. The van der Waals surface area contributed by atoms with E-state index < -0.39 is 10.0 Å². The van der Waals surface area contributed by atoms with Gasteiger partial charge >= 0.3 is 0 Å². The fourth-order valence-corrected chi connectivity index (χ4v) is 4.83. The van der Waals surface area contributed by atoms with Gasteiger partial charge in [-0.2, -0.15) is 0 Å². The average molecular weight is 322 g/mol. The highest BCUT2D eigenvalue weighted by Crippen LogP contribution is 2.32. The van der Waals surface area contributed by atoms with Crippen LogP contribution in [-0.2, 0) is 22.9 Å². The van der Waals surface area contributed by atoms with Gasteiger partial charge in [-0.15, -0.1) is 0 Å². The summed E-state index contributed by atoms with van der Waals surface area (Å²) in [4.78, 5) is 2.49. The Hall–Kier alpha value is -0.910. The first kappa shape index (κ1) is 16.0. The summed E-state index contributed by atoms with van der Waals surface area (Å²) in [6.45, 7) is 6.20. The molecule has 22 heavy (non-hydrogen) atoms. The molecule has 4 nitrogen and oxygen atoms in total. The standard InChI is InChI=1S/C17H26N2O2S/c1-12(2)16-10-19(11-17(16)18-22(3,20)21)15-8-13-6-4-5-7-14(13)9-15/h4-7,12,15-18H,8-11H2,1-3H3/t16-,17+/m1/s1. The third-order valence-corrected chi connectivity index (χ3v) is 5.89. The van der Waals surface area contributed by atoms with Crippen LogP contribution in [0, 0.1) is 11.8 Å². The lowest BCUT2D eigenvalue weighted by Gasteiger charge is -2.24. The Balaban J connectivity index is 1.72. The van der Waals surface area contributed by atoms with Gasteiger partial charge in [-0.05, 0) is 35.8 Å². The van der Waals surface area contributed by atoms with Crippen molar-refractivity contribution in [1.29, 1.82) is 0 Å². The molecule has 1 saturated heterocycles. The zero-order valence-corrected chi connectivity index (χ0v) is 14.4. The molecule has 2 atom stereocenters. The lowest BCUT2D eigenvalue weighted by atomic mass is 9.92. The first-order valence-corrected chi connectivity index (χ1v) is 10.0. The second-order valence-electron chi connectivity index (χ2n) is 7.19. The molecule has 1 aliphatic heterocycles. The number of likely N-dealkylation sites (tertiary alicyclic amines) is 1. The highest BCUT2D eigenvalue weighted by Gasteiger charge is 2.40. The summed E-state index contributed by atoms with van der Waals surface area (Å²) in [5.41, 5.74) is 2.90. The Bertz CT molecular complexity index is 617. The molecule has 2 aliphatic rings. The van der Waals surface area contributed by atoms with Gasteiger partial charge in [0, 0.05) is 25.2 Å². The second-order valence-corrected chi connectivity index (χ2v) is 8.97. The zero-order valence-electron chi connectivity index (χ0n) is 13.6. The van der Waals surface area contributed by atoms with Crippen LogP contribution >= 0.6 is 0 Å². The Morgan fingerprint density at radius 2 is 1.73 bits per heavy atom. The number of benzene rings is 1. The molecular weight excluding hydrogens is 296 g/mol. The van der Waals surface area contributed by atoms with E-state index in [2.05, 4.69) is 47.7 Å². The first-order valence-electron chi connectivity index (χ1n) is 8.11. The molecule has 1 aromatic carbocycles. The third kappa shape index (κ3) is 3.36. The Morgan fingerprint density at radius 1 is 1.14 bits per heavy atom. The molecule has 0 bridgehead atoms. The van der Waals surface area contributed by atoms with Crippen LogP contribution in [-0.4, -0.2) is 44.7 Å². The molecular formula is C17H26N2O2S. The molecule has 5 heteroatoms. The van der Waals surface area contributed by atoms with E-state index in [-0.39, 0.29) is 6.04 Å². The van der Waals surface area contributed by atoms with Gasteiger partial charge in [-0.1, -0.05) is 38.1 Å². The molecule has 1 aromatic rings. The molecule has 0 aromatic heterocycles. The van der Waals surface area contributed by atoms with Crippen molar-refractivity contribution in [2.75, 3.05) is 19.3 Å². The van der Waals surface area contributed by atoms with Crippen LogP contribution in [0.2, 0.25) is 0 Å². The molecule has 0 saturated carbocycles. The van der Waals surface area contributed by atoms with Crippen molar-refractivity contribution in [3.63, 3.8) is 0 Å². The molecule has 1 N–H and O–H groups in total. The number of hydrogen-bond donors (Lipinski definition) is 1. The van der Waals surface area contributed by atoms with Gasteiger partial charge in [0.15, 0.2) is 0 Å². The van der Waals surface area contributed by atoms with Gasteiger partial charge in [0.05, 0.1) is 6.26 Å². The average Bonchev–Trinajstić information content (AvgIpc) is 2.99. The fraction of sp³-hybridized carbons (Fsp3) is 0.647. The van der Waals surface area contributed by atoms with E-state index in [1.54, 1.807) is 0 Å². The van der Waals surface area contributed by atoms with Crippen LogP contribution in [0.4, 0.5) is 0 Å². The summed E-state index contributed by atoms with van der Waals surface area (Å²) in [5, 5.41) is 0. The summed E-state index contributed by atoms with van der Waals surface area (Å²) in [6.07, 6.45) is 3.44. The number of hydrogen-bond acceptors (Lipinski definition) is 3. The summed E-state index contributed by atoms with van der Waals surface area (Å²) < 4.78 is 26.1. The zero-order chi connectivity index (χ0) is 15.9. The van der Waals surface area contributed by atoms with E-state index in [4.69, 9.17) is 0 Å². The fourth-order valence-electron chi connectivity index (χ4n) is 4.03. The maximum absolute atomic E-state index is 11.6. The Morgan fingerprint density at radius 3 is 2.23 bits per heavy atom. The van der Waals surface area contributed by atoms with Gasteiger partial charge in [0.2, 0.25) is 10.0 Å². The van der Waals surface area contributed by atoms with E-state index in [0.717, 1.165) is 25.9 Å². The van der Waals surface area contributed by atoms with Crippen molar-refractivity contribution in [1.82, 2.24) is 9.62 Å². The molecule has 1 heterocycles. The number of rotatable bonds is 4. The molecule has 0 unspecified atom stereocenters. The van der Waals surface area contributed by atoms with Crippen LogP contribution < -0.4 is 4.72 Å². The number of fused-ring (bicyclic) bond motifs is 1. The van der Waals surface area contributed by atoms with Crippen LogP contribution in [0.15, 0.2) is 24.3 Å². The molecule has 1 aliphatic carbocycles. The van der Waals surface area contributed by atoms with Crippen molar-refractivity contribution >= 4 is 10.0 Å². The molecule has 0 spiro atoms. The maximum Gasteiger partial charge on any atom is 0.209 e. The Kier molecular flexibility index (Phi) is 4.32. The first-order chi connectivity index (χ1) is 10.3. The summed E-state index contributed by atoms with van der Waals surface area (Å²) >= 11 is 0. The van der Waals surface area contributed by atoms with Crippen molar-refractivity contribution in [2.24, 2.45) is 11.8 Å². The van der Waals surface area contributed by atoms with Gasteiger partial charge < -0.3 is 0 Å². The molecule has 122 valence electrons. The normalized spacial score (nSPS) is 26.7. The van der Waals surface area contributed by atoms with E-state index >= 15 is 0 Å². The highest BCUT2D eigenvalue weighted by molar-refractivity contribution is 7.88. The minimum atomic E-state index is -3.15. The number of nitrogens with zero attached hydrogens (tertiary/aromatic N) is 1. The lowest BCUT2D eigenvalue weighted by Crippen LogP contribution is -2.42. The minimum Gasteiger partial charge on any atom is -0.298 e. The molecule has 3 rings (SSSR count). The quantitative estimate of drug-likeness (QED) is 0.917. The monoisotopic (exact) mass is 322 g/mol. The van der Waals surface area contributed by atoms with Gasteiger partial charge in [0.1, 0.15) is 0 Å². The Labute approximate surface area is 134 Å². The van der Waals surface area contributed by atoms with E-state index in [1.165, 1.54) is 17.4 Å². The summed E-state index contributed by atoms with van der Waals surface area (Å²) in [5.74, 6) is 0.867. The molecule has 0 radical (unpaired) electrons. The highest BCUT2D eigenvalue weighted by atomic mass is 32.2. The van der Waals surface area contributed by atoms with Crippen LogP contribution in [0.1, 0.15) is 25.0 Å². The van der Waals surface area contributed by atoms with Crippen LogP contribution in [0.3, 0.4) is 0 Å². The minimum absolute atomic E-state index is 0.0405. The topological polar surface area (TPSA) is 49.4 Å². The smallest absolute Gasteiger partial charge is 0.209 e. The lowest BCUT2D eigenvalue weighted by molar-refractivity contribution is 0.231. The van der Waals surface area contributed by atoms with Crippen molar-refractivity contribution in [3.8, 4) is 0 Å². The summed E-state index contributed by atoms with van der Waals surface area (Å²) in [7, 11) is -3.15. The largest absolute Gasteiger partial charge is 0.298 e. The van der Waals surface area contributed by atoms with E-state index in [1.807, 2.05) is 0 Å². The predicted molar refractivity (Wildman–Crippen MR) is 89.3 cm³/mol. The summed E-state index contributed by atoms with van der Waals surface area (Å²) in [6, 6.07) is 9.21. The van der Waals surface area contributed by atoms with Crippen molar-refractivity contribution < 1.29 is 8.42 Å². The van der Waals surface area contributed by atoms with E-state index in [0.29, 0.717) is 17.9 Å².